The van der Waals surface area contributed by atoms with Crippen molar-refractivity contribution >= 4 is 47.7 Å². The molecule has 0 unspecified atom stereocenters. The van der Waals surface area contributed by atoms with E-state index in [1.54, 1.807) is 0 Å². The lowest BCUT2D eigenvalue weighted by atomic mass is 9.94. The summed E-state index contributed by atoms with van der Waals surface area (Å²) in [6.45, 7) is 0. The van der Waals surface area contributed by atoms with Crippen LogP contribution in [0.15, 0.2) is 54.6 Å². The number of benzene rings is 4. The van der Waals surface area contributed by atoms with Gasteiger partial charge in [-0.15, -0.1) is 0 Å². The SMILES string of the molecule is [SiH2]c1cc2ccc3cccc4ccc(c1)c2c34. The number of hydrogen-bond acceptors (Lipinski definition) is 0. The first kappa shape index (κ1) is 9.20. The van der Waals surface area contributed by atoms with Crippen molar-refractivity contribution < 1.29 is 0 Å². The minimum atomic E-state index is 1.34. The summed E-state index contributed by atoms with van der Waals surface area (Å²) in [5.41, 5.74) is 0. The molecule has 17 heavy (non-hydrogen) atoms. The predicted molar refractivity (Wildman–Crippen MR) is 78.3 cm³/mol. The Morgan fingerprint density at radius 1 is 0.588 bits per heavy atom. The van der Waals surface area contributed by atoms with Crippen molar-refractivity contribution in [3.63, 3.8) is 0 Å². The second-order valence-electron chi connectivity index (χ2n) is 4.63. The Morgan fingerprint density at radius 3 is 1.65 bits per heavy atom. The van der Waals surface area contributed by atoms with Crippen LogP contribution < -0.4 is 5.19 Å². The molecule has 0 N–H and O–H groups in total. The molecule has 0 saturated heterocycles. The average molecular weight is 231 g/mol. The van der Waals surface area contributed by atoms with E-state index in [-0.39, 0.29) is 0 Å². The summed E-state index contributed by atoms with van der Waals surface area (Å²) < 4.78 is 0. The van der Waals surface area contributed by atoms with Crippen LogP contribution in [0.25, 0.3) is 32.3 Å². The third-order valence-electron chi connectivity index (χ3n) is 3.52. The summed E-state index contributed by atoms with van der Waals surface area (Å²) in [4.78, 5) is 0. The molecule has 4 aromatic carbocycles. The van der Waals surface area contributed by atoms with Gasteiger partial charge in [-0.1, -0.05) is 59.8 Å². The zero-order chi connectivity index (χ0) is 11.4. The van der Waals surface area contributed by atoms with Crippen LogP contribution in [0.5, 0.6) is 0 Å². The van der Waals surface area contributed by atoms with Crippen molar-refractivity contribution in [2.24, 2.45) is 0 Å². The minimum Gasteiger partial charge on any atom is -0.0685 e. The van der Waals surface area contributed by atoms with Crippen LogP contribution in [0.4, 0.5) is 0 Å². The fraction of sp³-hybridized carbons (Fsp3) is 0. The predicted octanol–water partition coefficient (Wildman–Crippen LogP) is 2.84. The van der Waals surface area contributed by atoms with Gasteiger partial charge in [0.25, 0.3) is 0 Å². The van der Waals surface area contributed by atoms with E-state index in [9.17, 15) is 0 Å². The molecule has 1 heteroatoms. The van der Waals surface area contributed by atoms with Gasteiger partial charge >= 0.3 is 0 Å². The van der Waals surface area contributed by atoms with Gasteiger partial charge in [-0.25, -0.2) is 0 Å². The molecular weight excluding hydrogens is 220 g/mol. The summed E-state index contributed by atoms with van der Waals surface area (Å²) in [6.07, 6.45) is 0. The zero-order valence-electron chi connectivity index (χ0n) is 9.40. The lowest BCUT2D eigenvalue weighted by molar-refractivity contribution is 1.80. The standard InChI is InChI=1S/C16H11Si/c17-14-8-12-6-4-10-2-1-3-11-5-7-13(9-14)16(12)15(10)11/h1-9H,17H2. The molecule has 0 aliphatic carbocycles. The van der Waals surface area contributed by atoms with Crippen LogP contribution in [-0.4, -0.2) is 10.2 Å². The molecule has 4 rings (SSSR count). The molecule has 0 bridgehead atoms. The third-order valence-corrected chi connectivity index (χ3v) is 3.93. The summed E-state index contributed by atoms with van der Waals surface area (Å²) in [5, 5.41) is 9.57. The van der Waals surface area contributed by atoms with Crippen LogP contribution in [0.1, 0.15) is 0 Å². The van der Waals surface area contributed by atoms with Crippen molar-refractivity contribution in [1.29, 1.82) is 0 Å². The van der Waals surface area contributed by atoms with Gasteiger partial charge < -0.3 is 0 Å². The van der Waals surface area contributed by atoms with Crippen molar-refractivity contribution in [3.8, 4) is 0 Å². The summed E-state index contributed by atoms with van der Waals surface area (Å²) in [7, 11) is 1.95. The molecule has 0 atom stereocenters. The van der Waals surface area contributed by atoms with Crippen LogP contribution in [0.3, 0.4) is 0 Å². The van der Waals surface area contributed by atoms with Crippen LogP contribution in [0.2, 0.25) is 0 Å². The Hall–Kier alpha value is -1.86. The highest BCUT2D eigenvalue weighted by atomic mass is 28.1. The summed E-state index contributed by atoms with van der Waals surface area (Å²) in [6, 6.07) is 20.0. The molecule has 0 nitrogen and oxygen atoms in total. The molecule has 0 aromatic heterocycles. The van der Waals surface area contributed by atoms with Gasteiger partial charge in [0.2, 0.25) is 0 Å². The van der Waals surface area contributed by atoms with E-state index in [0.717, 1.165) is 0 Å². The molecule has 0 aliphatic rings. The number of hydrogen-bond donors (Lipinski definition) is 0. The lowest BCUT2D eigenvalue weighted by Gasteiger charge is -2.11. The second kappa shape index (κ2) is 3.08. The van der Waals surface area contributed by atoms with E-state index in [4.69, 9.17) is 0 Å². The van der Waals surface area contributed by atoms with Gasteiger partial charge in [-0.2, -0.15) is 0 Å². The van der Waals surface area contributed by atoms with Gasteiger partial charge in [0.05, 0.1) is 0 Å². The Kier molecular flexibility index (Phi) is 1.67. The molecule has 1 radical (unpaired) electrons. The Morgan fingerprint density at radius 2 is 1.06 bits per heavy atom. The molecule has 0 fully saturated rings. The van der Waals surface area contributed by atoms with Gasteiger partial charge in [0.15, 0.2) is 0 Å². The van der Waals surface area contributed by atoms with E-state index in [1.165, 1.54) is 37.5 Å². The molecule has 0 aliphatic heterocycles. The van der Waals surface area contributed by atoms with E-state index in [1.807, 2.05) is 10.2 Å². The molecule has 4 aromatic rings. The zero-order valence-corrected chi connectivity index (χ0v) is 10.8. The van der Waals surface area contributed by atoms with Crippen molar-refractivity contribution in [1.82, 2.24) is 0 Å². The molecule has 0 saturated carbocycles. The topological polar surface area (TPSA) is 0 Å². The van der Waals surface area contributed by atoms with Gasteiger partial charge in [0, 0.05) is 10.2 Å². The maximum absolute atomic E-state index is 2.28. The Bertz CT molecular complexity index is 782. The summed E-state index contributed by atoms with van der Waals surface area (Å²) >= 11 is 0. The van der Waals surface area contributed by atoms with Crippen molar-refractivity contribution in [2.45, 2.75) is 0 Å². The van der Waals surface area contributed by atoms with E-state index in [0.29, 0.717) is 0 Å². The fourth-order valence-corrected chi connectivity index (χ4v) is 3.26. The molecule has 0 amide bonds. The maximum Gasteiger partial charge on any atom is 0.0477 e. The van der Waals surface area contributed by atoms with Crippen LogP contribution in [-0.2, 0) is 0 Å². The molecule has 0 spiro atoms. The van der Waals surface area contributed by atoms with E-state index < -0.39 is 0 Å². The minimum absolute atomic E-state index is 1.34. The summed E-state index contributed by atoms with van der Waals surface area (Å²) in [5.74, 6) is 0. The molecule has 0 heterocycles. The highest BCUT2D eigenvalue weighted by molar-refractivity contribution is 6.36. The maximum atomic E-state index is 2.28. The van der Waals surface area contributed by atoms with E-state index >= 15 is 0 Å². The van der Waals surface area contributed by atoms with Gasteiger partial charge in [0.1, 0.15) is 0 Å². The highest BCUT2D eigenvalue weighted by Gasteiger charge is 2.07. The first-order valence-corrected chi connectivity index (χ1v) is 6.53. The highest BCUT2D eigenvalue weighted by Crippen LogP contribution is 2.33. The second-order valence-corrected chi connectivity index (χ2v) is 5.44. The molecule has 79 valence electrons. The van der Waals surface area contributed by atoms with Gasteiger partial charge in [-0.05, 0) is 32.3 Å². The monoisotopic (exact) mass is 231 g/mol. The first-order valence-electron chi connectivity index (χ1n) is 5.82. The largest absolute Gasteiger partial charge is 0.0685 e. The normalized spacial score (nSPS) is 11.8. The van der Waals surface area contributed by atoms with Gasteiger partial charge in [-0.3, -0.25) is 0 Å². The van der Waals surface area contributed by atoms with Crippen LogP contribution >= 0.6 is 0 Å². The Labute approximate surface area is 103 Å². The number of rotatable bonds is 0. The van der Waals surface area contributed by atoms with Crippen molar-refractivity contribution in [3.05, 3.63) is 54.6 Å². The molecular formula is C16H11Si. The Balaban J connectivity index is 2.45. The third kappa shape index (κ3) is 1.17. The fourth-order valence-electron chi connectivity index (χ4n) is 2.82. The quantitative estimate of drug-likeness (QED) is 0.322. The van der Waals surface area contributed by atoms with E-state index in [2.05, 4.69) is 54.6 Å². The lowest BCUT2D eigenvalue weighted by Crippen LogP contribution is -2.01. The average Bonchev–Trinajstić information content (AvgIpc) is 2.35. The van der Waals surface area contributed by atoms with Crippen molar-refractivity contribution in [2.75, 3.05) is 0 Å². The first-order chi connectivity index (χ1) is 8.33. The smallest absolute Gasteiger partial charge is 0.0477 e. The van der Waals surface area contributed by atoms with Crippen LogP contribution in [0, 0.1) is 0 Å².